The zero-order valence-corrected chi connectivity index (χ0v) is 7.96. The summed E-state index contributed by atoms with van der Waals surface area (Å²) >= 11 is 5.80. The summed E-state index contributed by atoms with van der Waals surface area (Å²) in [5.74, 6) is 0.912. The Hall–Kier alpha value is -0.630. The van der Waals surface area contributed by atoms with Crippen LogP contribution in [0.4, 0.5) is 0 Å². The van der Waals surface area contributed by atoms with Crippen molar-refractivity contribution in [2.75, 3.05) is 0 Å². The molecule has 1 aromatic heterocycles. The van der Waals surface area contributed by atoms with Crippen LogP contribution >= 0.6 is 11.6 Å². The van der Waals surface area contributed by atoms with Crippen LogP contribution in [0.15, 0.2) is 18.5 Å². The van der Waals surface area contributed by atoms with Crippen molar-refractivity contribution in [3.8, 4) is 0 Å². The van der Waals surface area contributed by atoms with Crippen molar-refractivity contribution in [3.05, 3.63) is 24.3 Å². The van der Waals surface area contributed by atoms with Crippen LogP contribution in [0, 0.1) is 0 Å². The highest BCUT2D eigenvalue weighted by molar-refractivity contribution is 6.20. The largest absolute Gasteiger partial charge is 0.241 e. The number of nitrogens with zero attached hydrogens (tertiary/aromatic N) is 2. The molecule has 1 aromatic rings. The highest BCUT2D eigenvalue weighted by Gasteiger charge is 1.98. The Morgan fingerprint density at radius 2 is 2.08 bits per heavy atom. The minimum atomic E-state index is 0.258. The van der Waals surface area contributed by atoms with E-state index in [1.807, 2.05) is 13.0 Å². The lowest BCUT2D eigenvalue weighted by molar-refractivity contribution is 0.698. The molecule has 3 heteroatoms. The molecule has 1 atom stereocenters. The van der Waals surface area contributed by atoms with E-state index < -0.39 is 0 Å². The molecular weight excluding hydrogens is 172 g/mol. The summed E-state index contributed by atoms with van der Waals surface area (Å²) in [7, 11) is 0. The van der Waals surface area contributed by atoms with E-state index in [1.54, 1.807) is 12.4 Å². The molecule has 0 aliphatic carbocycles. The highest BCUT2D eigenvalue weighted by Crippen LogP contribution is 2.06. The summed E-state index contributed by atoms with van der Waals surface area (Å²) in [6.45, 7) is 2.01. The molecule has 0 amide bonds. The second kappa shape index (κ2) is 5.09. The Balaban J connectivity index is 2.25. The normalized spacial score (nSPS) is 12.8. The summed E-state index contributed by atoms with van der Waals surface area (Å²) in [5.41, 5.74) is 0. The molecule has 0 aliphatic rings. The lowest BCUT2D eigenvalue weighted by Crippen LogP contribution is -1.96. The maximum absolute atomic E-state index is 5.80. The van der Waals surface area contributed by atoms with Gasteiger partial charge in [-0.1, -0.05) is 0 Å². The first-order valence-corrected chi connectivity index (χ1v) is 4.62. The fourth-order valence-corrected chi connectivity index (χ4v) is 1.15. The first-order valence-electron chi connectivity index (χ1n) is 4.19. The Bertz CT molecular complexity index is 211. The van der Waals surface area contributed by atoms with E-state index in [4.69, 9.17) is 11.6 Å². The average molecular weight is 185 g/mol. The summed E-state index contributed by atoms with van der Waals surface area (Å²) in [5, 5.41) is 0.258. The van der Waals surface area contributed by atoms with Gasteiger partial charge in [0, 0.05) is 24.2 Å². The van der Waals surface area contributed by atoms with Gasteiger partial charge in [-0.25, -0.2) is 9.97 Å². The first kappa shape index (κ1) is 9.46. The zero-order chi connectivity index (χ0) is 8.81. The van der Waals surface area contributed by atoms with E-state index in [2.05, 4.69) is 9.97 Å². The van der Waals surface area contributed by atoms with Gasteiger partial charge in [0.05, 0.1) is 0 Å². The van der Waals surface area contributed by atoms with Gasteiger partial charge in [0.2, 0.25) is 0 Å². The highest BCUT2D eigenvalue weighted by atomic mass is 35.5. The second-order valence-corrected chi connectivity index (χ2v) is 3.58. The van der Waals surface area contributed by atoms with Gasteiger partial charge in [-0.2, -0.15) is 0 Å². The monoisotopic (exact) mass is 184 g/mol. The lowest BCUT2D eigenvalue weighted by Gasteiger charge is -2.00. The van der Waals surface area contributed by atoms with Gasteiger partial charge in [-0.05, 0) is 25.8 Å². The molecule has 66 valence electrons. The molecule has 0 aromatic carbocycles. The smallest absolute Gasteiger partial charge is 0.128 e. The quantitative estimate of drug-likeness (QED) is 0.672. The standard InChI is InChI=1S/C9H13ClN2/c1-8(10)4-2-5-9-11-6-3-7-12-9/h3,6-8H,2,4-5H2,1H3. The Kier molecular flexibility index (Phi) is 4.01. The van der Waals surface area contributed by atoms with E-state index in [0.717, 1.165) is 25.1 Å². The predicted octanol–water partition coefficient (Wildman–Crippen LogP) is 2.43. The Morgan fingerprint density at radius 3 is 2.67 bits per heavy atom. The van der Waals surface area contributed by atoms with Crippen LogP contribution < -0.4 is 0 Å². The van der Waals surface area contributed by atoms with Gasteiger partial charge in [-0.3, -0.25) is 0 Å². The molecule has 0 N–H and O–H groups in total. The van der Waals surface area contributed by atoms with E-state index in [0.29, 0.717) is 0 Å². The molecule has 0 saturated carbocycles. The van der Waals surface area contributed by atoms with Crippen molar-refractivity contribution in [1.29, 1.82) is 0 Å². The molecule has 0 radical (unpaired) electrons. The third-order valence-corrected chi connectivity index (χ3v) is 1.84. The molecule has 0 saturated heterocycles. The minimum absolute atomic E-state index is 0.258. The van der Waals surface area contributed by atoms with Crippen LogP contribution in [0.1, 0.15) is 25.6 Å². The van der Waals surface area contributed by atoms with Crippen molar-refractivity contribution in [1.82, 2.24) is 9.97 Å². The molecule has 1 unspecified atom stereocenters. The van der Waals surface area contributed by atoms with Crippen LogP contribution in [0.25, 0.3) is 0 Å². The van der Waals surface area contributed by atoms with Crippen LogP contribution in [-0.2, 0) is 6.42 Å². The number of alkyl halides is 1. The van der Waals surface area contributed by atoms with E-state index >= 15 is 0 Å². The van der Waals surface area contributed by atoms with Gasteiger partial charge in [0.25, 0.3) is 0 Å². The molecule has 12 heavy (non-hydrogen) atoms. The van der Waals surface area contributed by atoms with Crippen molar-refractivity contribution >= 4 is 11.6 Å². The Morgan fingerprint density at radius 1 is 1.42 bits per heavy atom. The summed E-state index contributed by atoms with van der Waals surface area (Å²) in [4.78, 5) is 8.24. The molecular formula is C9H13ClN2. The third-order valence-electron chi connectivity index (χ3n) is 1.62. The van der Waals surface area contributed by atoms with Crippen molar-refractivity contribution < 1.29 is 0 Å². The van der Waals surface area contributed by atoms with Gasteiger partial charge in [0.15, 0.2) is 0 Å². The molecule has 0 fully saturated rings. The molecule has 1 heterocycles. The van der Waals surface area contributed by atoms with E-state index in [9.17, 15) is 0 Å². The number of aryl methyl sites for hydroxylation is 1. The van der Waals surface area contributed by atoms with Gasteiger partial charge in [-0.15, -0.1) is 11.6 Å². The molecule has 1 rings (SSSR count). The molecule has 0 spiro atoms. The van der Waals surface area contributed by atoms with Crippen molar-refractivity contribution in [3.63, 3.8) is 0 Å². The summed E-state index contributed by atoms with van der Waals surface area (Å²) in [6, 6.07) is 1.83. The SMILES string of the molecule is CC(Cl)CCCc1ncccn1. The van der Waals surface area contributed by atoms with E-state index in [-0.39, 0.29) is 5.38 Å². The lowest BCUT2D eigenvalue weighted by atomic mass is 10.2. The maximum Gasteiger partial charge on any atom is 0.128 e. The molecule has 0 aliphatic heterocycles. The number of rotatable bonds is 4. The van der Waals surface area contributed by atoms with Crippen LogP contribution in [0.5, 0.6) is 0 Å². The molecule has 0 bridgehead atoms. The first-order chi connectivity index (χ1) is 5.79. The molecule has 2 nitrogen and oxygen atoms in total. The number of hydrogen-bond acceptors (Lipinski definition) is 2. The van der Waals surface area contributed by atoms with E-state index in [1.165, 1.54) is 0 Å². The number of aromatic nitrogens is 2. The fourth-order valence-electron chi connectivity index (χ4n) is 1.00. The van der Waals surface area contributed by atoms with Crippen molar-refractivity contribution in [2.45, 2.75) is 31.6 Å². The minimum Gasteiger partial charge on any atom is -0.241 e. The summed E-state index contributed by atoms with van der Waals surface area (Å²) < 4.78 is 0. The number of hydrogen-bond donors (Lipinski definition) is 0. The Labute approximate surface area is 78.0 Å². The summed E-state index contributed by atoms with van der Waals surface area (Å²) in [6.07, 6.45) is 6.56. The van der Waals surface area contributed by atoms with Crippen molar-refractivity contribution in [2.24, 2.45) is 0 Å². The van der Waals surface area contributed by atoms with Gasteiger partial charge < -0.3 is 0 Å². The van der Waals surface area contributed by atoms with Crippen LogP contribution in [-0.4, -0.2) is 15.3 Å². The second-order valence-electron chi connectivity index (χ2n) is 2.84. The van der Waals surface area contributed by atoms with Gasteiger partial charge >= 0.3 is 0 Å². The maximum atomic E-state index is 5.80. The average Bonchev–Trinajstić information content (AvgIpc) is 2.05. The van der Waals surface area contributed by atoms with Gasteiger partial charge in [0.1, 0.15) is 5.82 Å². The topological polar surface area (TPSA) is 25.8 Å². The fraction of sp³-hybridized carbons (Fsp3) is 0.556. The third kappa shape index (κ3) is 3.67. The van der Waals surface area contributed by atoms with Crippen LogP contribution in [0.2, 0.25) is 0 Å². The zero-order valence-electron chi connectivity index (χ0n) is 7.20. The number of halogens is 1. The predicted molar refractivity (Wildman–Crippen MR) is 50.3 cm³/mol. The van der Waals surface area contributed by atoms with Crippen LogP contribution in [0.3, 0.4) is 0 Å².